The fraction of sp³-hybridized carbons (Fsp3) is 0.386. The Morgan fingerprint density at radius 2 is 1.39 bits per heavy atom. The lowest BCUT2D eigenvalue weighted by atomic mass is 9.90. The van der Waals surface area contributed by atoms with Gasteiger partial charge in [-0.2, -0.15) is 0 Å². The lowest BCUT2D eigenvalue weighted by Crippen LogP contribution is -2.26. The van der Waals surface area contributed by atoms with Crippen molar-refractivity contribution >= 4 is 17.9 Å². The molecule has 6 rings (SSSR count). The molecule has 1 heterocycles. The minimum atomic E-state index is -0.583. The number of ether oxygens (including phenoxy) is 7. The largest absolute Gasteiger partial charge is 0.493 e. The fourth-order valence-electron chi connectivity index (χ4n) is 6.65. The van der Waals surface area contributed by atoms with Gasteiger partial charge in [0.15, 0.2) is 17.8 Å². The zero-order chi connectivity index (χ0) is 38.0. The molecule has 4 aromatic rings. The Labute approximate surface area is 316 Å². The molecule has 0 spiro atoms. The van der Waals surface area contributed by atoms with Crippen molar-refractivity contribution in [2.45, 2.75) is 90.1 Å². The van der Waals surface area contributed by atoms with Gasteiger partial charge in [-0.15, -0.1) is 0 Å². The average Bonchev–Trinajstić information content (AvgIpc) is 3.96. The highest BCUT2D eigenvalue weighted by Crippen LogP contribution is 2.40. The van der Waals surface area contributed by atoms with E-state index < -0.39 is 18.2 Å². The molecule has 10 nitrogen and oxygen atoms in total. The fourth-order valence-corrected chi connectivity index (χ4v) is 6.65. The van der Waals surface area contributed by atoms with Crippen molar-refractivity contribution < 1.29 is 47.5 Å². The van der Waals surface area contributed by atoms with E-state index in [2.05, 4.69) is 13.8 Å². The minimum Gasteiger partial charge on any atom is -0.493 e. The third kappa shape index (κ3) is 10.7. The summed E-state index contributed by atoms with van der Waals surface area (Å²) in [6, 6.07) is 25.9. The highest BCUT2D eigenvalue weighted by molar-refractivity contribution is 5.93. The standard InChI is InChI=1S/C44H48O10/c1-5-6-7-42(49-27-31-10-22-39-41(25-31)53-39)54-38-23-15-34(26-40(38)48-4)44(47)52-37-20-13-33(14-21-37)43(46)51-36-16-8-30(9-17-36)24-28(2)32-11-18-35(19-12-32)50-29(3)45/h8-9,11-21,23,26,28,31,39,41-42H,5-7,10,22,24-25,27H2,1-4H3. The molecule has 284 valence electrons. The van der Waals surface area contributed by atoms with E-state index in [1.165, 1.54) is 14.0 Å². The second-order valence-corrected chi connectivity index (χ2v) is 14.0. The molecule has 5 unspecified atom stereocenters. The molecule has 1 aliphatic heterocycles. The second-order valence-electron chi connectivity index (χ2n) is 14.0. The topological polar surface area (TPSA) is 119 Å². The van der Waals surface area contributed by atoms with E-state index in [0.717, 1.165) is 56.1 Å². The van der Waals surface area contributed by atoms with Gasteiger partial charge in [0.05, 0.1) is 37.1 Å². The van der Waals surface area contributed by atoms with E-state index in [4.69, 9.17) is 33.2 Å². The molecule has 2 aliphatic rings. The van der Waals surface area contributed by atoms with Crippen LogP contribution in [0.25, 0.3) is 0 Å². The molecule has 54 heavy (non-hydrogen) atoms. The van der Waals surface area contributed by atoms with Gasteiger partial charge in [0.1, 0.15) is 17.2 Å². The molecule has 0 amide bonds. The molecule has 2 fully saturated rings. The van der Waals surface area contributed by atoms with Crippen LogP contribution in [-0.2, 0) is 20.7 Å². The van der Waals surface area contributed by atoms with Crippen molar-refractivity contribution in [3.63, 3.8) is 0 Å². The summed E-state index contributed by atoms with van der Waals surface area (Å²) in [4.78, 5) is 37.1. The first-order valence-electron chi connectivity index (χ1n) is 18.7. The van der Waals surface area contributed by atoms with E-state index in [-0.39, 0.29) is 23.2 Å². The van der Waals surface area contributed by atoms with Crippen LogP contribution in [0, 0.1) is 5.92 Å². The van der Waals surface area contributed by atoms with Gasteiger partial charge in [0, 0.05) is 13.3 Å². The number of epoxide rings is 1. The number of esters is 3. The van der Waals surface area contributed by atoms with Crippen LogP contribution >= 0.6 is 0 Å². The summed E-state index contributed by atoms with van der Waals surface area (Å²) in [5, 5.41) is 0. The molecule has 10 heteroatoms. The molecular weight excluding hydrogens is 688 g/mol. The third-order valence-electron chi connectivity index (χ3n) is 9.77. The summed E-state index contributed by atoms with van der Waals surface area (Å²) < 4.78 is 40.1. The summed E-state index contributed by atoms with van der Waals surface area (Å²) in [5.41, 5.74) is 2.79. The Morgan fingerprint density at radius 3 is 2.04 bits per heavy atom. The van der Waals surface area contributed by atoms with E-state index >= 15 is 0 Å². The first-order chi connectivity index (χ1) is 26.2. The van der Waals surface area contributed by atoms with Gasteiger partial charge in [-0.25, -0.2) is 9.59 Å². The van der Waals surface area contributed by atoms with Crippen molar-refractivity contribution in [2.24, 2.45) is 5.92 Å². The van der Waals surface area contributed by atoms with Crippen molar-refractivity contribution in [2.75, 3.05) is 13.7 Å². The minimum absolute atomic E-state index is 0.221. The van der Waals surface area contributed by atoms with Crippen molar-refractivity contribution in [3.8, 4) is 28.7 Å². The van der Waals surface area contributed by atoms with Crippen LogP contribution in [0.5, 0.6) is 28.7 Å². The predicted molar refractivity (Wildman–Crippen MR) is 202 cm³/mol. The van der Waals surface area contributed by atoms with Crippen LogP contribution in [0.1, 0.15) is 97.1 Å². The van der Waals surface area contributed by atoms with Gasteiger partial charge in [0.2, 0.25) is 0 Å². The van der Waals surface area contributed by atoms with E-state index in [9.17, 15) is 14.4 Å². The Hall–Kier alpha value is -5.19. The number of rotatable bonds is 17. The summed E-state index contributed by atoms with van der Waals surface area (Å²) in [7, 11) is 1.52. The van der Waals surface area contributed by atoms with Crippen molar-refractivity contribution in [1.82, 2.24) is 0 Å². The smallest absolute Gasteiger partial charge is 0.343 e. The number of methoxy groups -OCH3 is 1. The maximum absolute atomic E-state index is 13.1. The molecule has 0 radical (unpaired) electrons. The zero-order valence-corrected chi connectivity index (χ0v) is 31.3. The monoisotopic (exact) mass is 736 g/mol. The zero-order valence-electron chi connectivity index (χ0n) is 31.3. The Bertz CT molecular complexity index is 1870. The predicted octanol–water partition coefficient (Wildman–Crippen LogP) is 8.88. The van der Waals surface area contributed by atoms with E-state index in [1.807, 2.05) is 24.3 Å². The van der Waals surface area contributed by atoms with Crippen LogP contribution in [-0.4, -0.2) is 50.1 Å². The molecular formula is C44H48O10. The van der Waals surface area contributed by atoms with Crippen LogP contribution in [0.3, 0.4) is 0 Å². The lowest BCUT2D eigenvalue weighted by molar-refractivity contribution is -0.131. The van der Waals surface area contributed by atoms with E-state index in [0.29, 0.717) is 53.3 Å². The maximum atomic E-state index is 13.1. The maximum Gasteiger partial charge on any atom is 0.343 e. The molecule has 1 saturated carbocycles. The number of carbonyl (C=O) groups is 3. The SMILES string of the molecule is CCCCC(OCC1CCC2OC2C1)Oc1ccc(C(=O)Oc2ccc(C(=O)Oc3ccc(CC(C)c4ccc(OC(C)=O)cc4)cc3)cc2)cc1OC. The van der Waals surface area contributed by atoms with Gasteiger partial charge in [0.25, 0.3) is 0 Å². The van der Waals surface area contributed by atoms with Gasteiger partial charge >= 0.3 is 17.9 Å². The number of fused-ring (bicyclic) bond motifs is 1. The number of unbranched alkanes of at least 4 members (excludes halogenated alkanes) is 1. The number of benzene rings is 4. The van der Waals surface area contributed by atoms with Crippen LogP contribution < -0.4 is 23.7 Å². The van der Waals surface area contributed by atoms with Crippen LogP contribution in [0.15, 0.2) is 91.0 Å². The number of carbonyl (C=O) groups excluding carboxylic acids is 3. The third-order valence-corrected chi connectivity index (χ3v) is 9.77. The summed E-state index contributed by atoms with van der Waals surface area (Å²) >= 11 is 0. The molecule has 0 bridgehead atoms. The molecule has 1 saturated heterocycles. The summed E-state index contributed by atoms with van der Waals surface area (Å²) in [6.45, 7) is 6.25. The summed E-state index contributed by atoms with van der Waals surface area (Å²) in [5.74, 6) is 1.30. The first kappa shape index (κ1) is 38.5. The van der Waals surface area contributed by atoms with Gasteiger partial charge in [-0.05, 0) is 122 Å². The first-order valence-corrected chi connectivity index (χ1v) is 18.7. The Balaban J connectivity index is 0.987. The van der Waals surface area contributed by atoms with Crippen LogP contribution in [0.4, 0.5) is 0 Å². The van der Waals surface area contributed by atoms with Crippen LogP contribution in [0.2, 0.25) is 0 Å². The molecule has 0 aromatic heterocycles. The Kier molecular flexibility index (Phi) is 13.0. The molecule has 1 aliphatic carbocycles. The lowest BCUT2D eigenvalue weighted by Gasteiger charge is -2.25. The van der Waals surface area contributed by atoms with Gasteiger partial charge in [-0.3, -0.25) is 4.79 Å². The highest BCUT2D eigenvalue weighted by Gasteiger charge is 2.44. The average molecular weight is 737 g/mol. The Morgan fingerprint density at radius 1 is 0.759 bits per heavy atom. The quantitative estimate of drug-likeness (QED) is 0.0450. The number of hydrogen-bond acceptors (Lipinski definition) is 10. The molecule has 5 atom stereocenters. The van der Waals surface area contributed by atoms with E-state index in [1.54, 1.807) is 66.7 Å². The summed E-state index contributed by atoms with van der Waals surface area (Å²) in [6.07, 6.45) is 7.15. The van der Waals surface area contributed by atoms with Gasteiger partial charge < -0.3 is 33.2 Å². The second kappa shape index (κ2) is 18.2. The highest BCUT2D eigenvalue weighted by atomic mass is 16.7. The van der Waals surface area contributed by atoms with Gasteiger partial charge in [-0.1, -0.05) is 44.5 Å². The normalized spacial score (nSPS) is 18.4. The molecule has 4 aromatic carbocycles. The van der Waals surface area contributed by atoms with Crippen molar-refractivity contribution in [3.05, 3.63) is 113 Å². The molecule has 0 N–H and O–H groups in total. The van der Waals surface area contributed by atoms with Crippen molar-refractivity contribution in [1.29, 1.82) is 0 Å². The number of hydrogen-bond donors (Lipinski definition) is 0.